The SMILES string of the molecule is Clc1cccnc1N1CCC(n2cc(C3CC3)nn2)C1. The Balaban J connectivity index is 1.51. The second kappa shape index (κ2) is 4.74. The minimum absolute atomic E-state index is 0.369. The van der Waals surface area contributed by atoms with Crippen LogP contribution in [0.1, 0.15) is 36.9 Å². The molecule has 104 valence electrons. The molecular weight excluding hydrogens is 274 g/mol. The highest BCUT2D eigenvalue weighted by molar-refractivity contribution is 6.32. The molecule has 1 aliphatic carbocycles. The number of pyridine rings is 1. The van der Waals surface area contributed by atoms with Gasteiger partial charge in [0, 0.05) is 31.4 Å². The first-order valence-electron chi connectivity index (χ1n) is 7.08. The monoisotopic (exact) mass is 289 g/mol. The molecule has 3 heterocycles. The molecule has 0 radical (unpaired) electrons. The first-order chi connectivity index (χ1) is 9.81. The Hall–Kier alpha value is -1.62. The van der Waals surface area contributed by atoms with Crippen LogP contribution < -0.4 is 4.90 Å². The molecule has 20 heavy (non-hydrogen) atoms. The molecule has 1 saturated heterocycles. The maximum Gasteiger partial charge on any atom is 0.147 e. The summed E-state index contributed by atoms with van der Waals surface area (Å²) in [6, 6.07) is 4.12. The van der Waals surface area contributed by atoms with Crippen LogP contribution in [0.25, 0.3) is 0 Å². The largest absolute Gasteiger partial charge is 0.353 e. The Kier molecular flexibility index (Phi) is 2.88. The van der Waals surface area contributed by atoms with Gasteiger partial charge in [-0.2, -0.15) is 0 Å². The lowest BCUT2D eigenvalue weighted by atomic mass is 10.2. The third-order valence-electron chi connectivity index (χ3n) is 4.10. The average molecular weight is 290 g/mol. The van der Waals surface area contributed by atoms with Crippen molar-refractivity contribution in [2.24, 2.45) is 0 Å². The molecule has 0 aromatic carbocycles. The first kappa shape index (κ1) is 12.1. The highest BCUT2D eigenvalue weighted by Gasteiger charge is 2.30. The van der Waals surface area contributed by atoms with Crippen molar-refractivity contribution < 1.29 is 0 Å². The highest BCUT2D eigenvalue weighted by atomic mass is 35.5. The van der Waals surface area contributed by atoms with Gasteiger partial charge in [0.15, 0.2) is 0 Å². The molecular formula is C14H16ClN5. The fraction of sp³-hybridized carbons (Fsp3) is 0.500. The second-order valence-electron chi connectivity index (χ2n) is 5.60. The molecule has 0 N–H and O–H groups in total. The van der Waals surface area contributed by atoms with E-state index in [0.717, 1.165) is 31.0 Å². The Bertz CT molecular complexity index is 622. The molecule has 5 nitrogen and oxygen atoms in total. The molecule has 6 heteroatoms. The molecule has 1 unspecified atom stereocenters. The standard InChI is InChI=1S/C14H16ClN5/c15-12-2-1-6-16-14(12)19-7-5-11(8-19)20-9-13(17-18-20)10-3-4-10/h1-2,6,9-11H,3-5,7-8H2. The van der Waals surface area contributed by atoms with E-state index in [0.29, 0.717) is 17.0 Å². The van der Waals surface area contributed by atoms with Gasteiger partial charge in [0.25, 0.3) is 0 Å². The summed E-state index contributed by atoms with van der Waals surface area (Å²) in [4.78, 5) is 6.61. The molecule has 0 amide bonds. The summed E-state index contributed by atoms with van der Waals surface area (Å²) in [5.74, 6) is 1.53. The average Bonchev–Trinajstić information content (AvgIpc) is 3.01. The van der Waals surface area contributed by atoms with Gasteiger partial charge in [-0.3, -0.25) is 0 Å². The Morgan fingerprint density at radius 3 is 2.95 bits per heavy atom. The van der Waals surface area contributed by atoms with Gasteiger partial charge in [0.05, 0.1) is 16.8 Å². The zero-order chi connectivity index (χ0) is 13.5. The number of hydrogen-bond acceptors (Lipinski definition) is 4. The molecule has 1 atom stereocenters. The topological polar surface area (TPSA) is 46.8 Å². The lowest BCUT2D eigenvalue weighted by Crippen LogP contribution is -2.22. The summed E-state index contributed by atoms with van der Waals surface area (Å²) in [5.41, 5.74) is 1.15. The summed E-state index contributed by atoms with van der Waals surface area (Å²) >= 11 is 6.21. The fourth-order valence-corrected chi connectivity index (χ4v) is 3.04. The maximum absolute atomic E-state index is 6.21. The molecule has 2 aromatic rings. The normalized spacial score (nSPS) is 22.4. The number of hydrogen-bond donors (Lipinski definition) is 0. The van der Waals surface area contributed by atoms with E-state index in [-0.39, 0.29) is 0 Å². The van der Waals surface area contributed by atoms with E-state index in [9.17, 15) is 0 Å². The summed E-state index contributed by atoms with van der Waals surface area (Å²) in [7, 11) is 0. The van der Waals surface area contributed by atoms with E-state index in [2.05, 4.69) is 26.4 Å². The zero-order valence-corrected chi connectivity index (χ0v) is 11.9. The van der Waals surface area contributed by atoms with E-state index in [1.165, 1.54) is 12.8 Å². The lowest BCUT2D eigenvalue weighted by molar-refractivity contribution is 0.479. The van der Waals surface area contributed by atoms with Gasteiger partial charge in [0.2, 0.25) is 0 Å². The molecule has 0 spiro atoms. The van der Waals surface area contributed by atoms with Crippen molar-refractivity contribution in [1.82, 2.24) is 20.0 Å². The number of nitrogens with zero attached hydrogens (tertiary/aromatic N) is 5. The van der Waals surface area contributed by atoms with Crippen LogP contribution in [0.15, 0.2) is 24.5 Å². The molecule has 2 aromatic heterocycles. The second-order valence-corrected chi connectivity index (χ2v) is 6.00. The van der Waals surface area contributed by atoms with Crippen molar-refractivity contribution >= 4 is 17.4 Å². The van der Waals surface area contributed by atoms with Crippen LogP contribution in [0.4, 0.5) is 5.82 Å². The van der Waals surface area contributed by atoms with Gasteiger partial charge in [-0.05, 0) is 31.4 Å². The fourth-order valence-electron chi connectivity index (χ4n) is 2.80. The number of rotatable bonds is 3. The summed E-state index contributed by atoms with van der Waals surface area (Å²) in [6.45, 7) is 1.85. The zero-order valence-electron chi connectivity index (χ0n) is 11.1. The van der Waals surface area contributed by atoms with E-state index in [4.69, 9.17) is 11.6 Å². The van der Waals surface area contributed by atoms with Crippen molar-refractivity contribution in [3.63, 3.8) is 0 Å². The van der Waals surface area contributed by atoms with Gasteiger partial charge in [0.1, 0.15) is 5.82 Å². The van der Waals surface area contributed by atoms with Crippen molar-refractivity contribution in [3.05, 3.63) is 35.2 Å². The summed E-state index contributed by atoms with van der Waals surface area (Å²) < 4.78 is 2.02. The van der Waals surface area contributed by atoms with Gasteiger partial charge >= 0.3 is 0 Å². The maximum atomic E-state index is 6.21. The summed E-state index contributed by atoms with van der Waals surface area (Å²) in [5, 5.41) is 9.30. The van der Waals surface area contributed by atoms with Crippen LogP contribution in [0.2, 0.25) is 5.02 Å². The molecule has 0 bridgehead atoms. The van der Waals surface area contributed by atoms with Crippen molar-refractivity contribution in [3.8, 4) is 0 Å². The number of anilines is 1. The van der Waals surface area contributed by atoms with Crippen LogP contribution in [0.3, 0.4) is 0 Å². The predicted molar refractivity (Wildman–Crippen MR) is 77.1 cm³/mol. The number of halogens is 1. The molecule has 2 fully saturated rings. The Labute approximate surface area is 122 Å². The minimum atomic E-state index is 0.369. The van der Waals surface area contributed by atoms with Crippen molar-refractivity contribution in [2.45, 2.75) is 31.2 Å². The molecule has 1 saturated carbocycles. The van der Waals surface area contributed by atoms with Crippen molar-refractivity contribution in [2.75, 3.05) is 18.0 Å². The van der Waals surface area contributed by atoms with Gasteiger partial charge in [-0.1, -0.05) is 16.8 Å². The third-order valence-corrected chi connectivity index (χ3v) is 4.39. The van der Waals surface area contributed by atoms with E-state index < -0.39 is 0 Å². The molecule has 2 aliphatic rings. The van der Waals surface area contributed by atoms with Crippen LogP contribution in [-0.4, -0.2) is 33.1 Å². The van der Waals surface area contributed by atoms with Gasteiger partial charge < -0.3 is 4.90 Å². The quantitative estimate of drug-likeness (QED) is 0.871. The van der Waals surface area contributed by atoms with Gasteiger partial charge in [-0.25, -0.2) is 9.67 Å². The predicted octanol–water partition coefficient (Wildman–Crippen LogP) is 2.66. The van der Waals surface area contributed by atoms with E-state index in [1.54, 1.807) is 6.20 Å². The van der Waals surface area contributed by atoms with Crippen LogP contribution in [-0.2, 0) is 0 Å². The van der Waals surface area contributed by atoms with E-state index in [1.807, 2.05) is 16.8 Å². The van der Waals surface area contributed by atoms with Crippen LogP contribution in [0.5, 0.6) is 0 Å². The Morgan fingerprint density at radius 2 is 2.15 bits per heavy atom. The molecule has 1 aliphatic heterocycles. The van der Waals surface area contributed by atoms with Gasteiger partial charge in [-0.15, -0.1) is 5.10 Å². The summed E-state index contributed by atoms with van der Waals surface area (Å²) in [6.07, 6.45) is 7.49. The minimum Gasteiger partial charge on any atom is -0.353 e. The van der Waals surface area contributed by atoms with E-state index >= 15 is 0 Å². The van der Waals surface area contributed by atoms with Crippen LogP contribution in [0, 0.1) is 0 Å². The lowest BCUT2D eigenvalue weighted by Gasteiger charge is -2.18. The first-order valence-corrected chi connectivity index (χ1v) is 7.46. The Morgan fingerprint density at radius 1 is 1.25 bits per heavy atom. The van der Waals surface area contributed by atoms with Crippen LogP contribution >= 0.6 is 11.6 Å². The number of aromatic nitrogens is 4. The highest BCUT2D eigenvalue weighted by Crippen LogP contribution is 2.39. The van der Waals surface area contributed by atoms with Crippen molar-refractivity contribution in [1.29, 1.82) is 0 Å². The molecule has 4 rings (SSSR count). The smallest absolute Gasteiger partial charge is 0.147 e. The third kappa shape index (κ3) is 2.16.